The molecule has 98 valence electrons. The zero-order chi connectivity index (χ0) is 13.7. The molecule has 0 bridgehead atoms. The third kappa shape index (κ3) is 1.51. The van der Waals surface area contributed by atoms with E-state index in [0.29, 0.717) is 16.6 Å². The van der Waals surface area contributed by atoms with Gasteiger partial charge in [-0.2, -0.15) is 5.10 Å². The number of rotatable bonds is 1. The maximum atomic E-state index is 5.86. The van der Waals surface area contributed by atoms with E-state index in [1.54, 1.807) is 16.8 Å². The molecule has 0 unspecified atom stereocenters. The monoisotopic (exact) mass is 284 g/mol. The molecule has 0 aliphatic carbocycles. The van der Waals surface area contributed by atoms with E-state index < -0.39 is 0 Å². The molecule has 0 radical (unpaired) electrons. The summed E-state index contributed by atoms with van der Waals surface area (Å²) in [5.41, 5.74) is 2.47. The van der Waals surface area contributed by atoms with Gasteiger partial charge in [0.25, 0.3) is 0 Å². The van der Waals surface area contributed by atoms with E-state index in [4.69, 9.17) is 11.6 Å². The smallest absolute Gasteiger partial charge is 0.190 e. The number of nitrogens with zero attached hydrogens (tertiary/aromatic N) is 6. The van der Waals surface area contributed by atoms with Gasteiger partial charge in [-0.25, -0.2) is 4.98 Å². The van der Waals surface area contributed by atoms with Crippen LogP contribution in [0.25, 0.3) is 28.1 Å². The highest BCUT2D eigenvalue weighted by Gasteiger charge is 2.16. The normalized spacial score (nSPS) is 11.5. The Morgan fingerprint density at radius 1 is 1.15 bits per heavy atom. The predicted molar refractivity (Wildman–Crippen MR) is 75.5 cm³/mol. The van der Waals surface area contributed by atoms with Gasteiger partial charge in [-0.05, 0) is 6.07 Å². The molecule has 0 saturated heterocycles. The summed E-state index contributed by atoms with van der Waals surface area (Å²) < 4.78 is 3.61. The number of hydrogen-bond donors (Lipinski definition) is 0. The molecule has 0 fully saturated rings. The van der Waals surface area contributed by atoms with E-state index in [9.17, 15) is 0 Å². The summed E-state index contributed by atoms with van der Waals surface area (Å²) in [4.78, 5) is 4.07. The Labute approximate surface area is 118 Å². The molecule has 1 aromatic carbocycles. The number of halogens is 1. The molecule has 6 nitrogen and oxygen atoms in total. The van der Waals surface area contributed by atoms with Gasteiger partial charge >= 0.3 is 0 Å². The minimum absolute atomic E-state index is 0.391. The van der Waals surface area contributed by atoms with Gasteiger partial charge < -0.3 is 0 Å². The van der Waals surface area contributed by atoms with Crippen LogP contribution in [-0.2, 0) is 7.05 Å². The maximum Gasteiger partial charge on any atom is 0.190 e. The Morgan fingerprint density at radius 3 is 2.90 bits per heavy atom. The van der Waals surface area contributed by atoms with Gasteiger partial charge in [0.1, 0.15) is 17.2 Å². The summed E-state index contributed by atoms with van der Waals surface area (Å²) >= 11 is 5.86. The summed E-state index contributed by atoms with van der Waals surface area (Å²) in [6.45, 7) is 0. The van der Waals surface area contributed by atoms with Crippen molar-refractivity contribution in [2.45, 2.75) is 0 Å². The van der Waals surface area contributed by atoms with Crippen molar-refractivity contribution in [2.24, 2.45) is 7.05 Å². The van der Waals surface area contributed by atoms with E-state index >= 15 is 0 Å². The summed E-state index contributed by atoms with van der Waals surface area (Å²) in [6, 6.07) is 9.67. The topological polar surface area (TPSA) is 60.9 Å². The molecule has 0 spiro atoms. The first-order chi connectivity index (χ1) is 9.74. The highest BCUT2D eigenvalue weighted by molar-refractivity contribution is 6.29. The highest BCUT2D eigenvalue weighted by Crippen LogP contribution is 2.26. The molecular weight excluding hydrogens is 276 g/mol. The van der Waals surface area contributed by atoms with Gasteiger partial charge in [-0.3, -0.25) is 9.08 Å². The molecule has 0 N–H and O–H groups in total. The number of fused-ring (bicyclic) bond motifs is 2. The van der Waals surface area contributed by atoms with Crippen molar-refractivity contribution in [3.8, 4) is 11.5 Å². The highest BCUT2D eigenvalue weighted by atomic mass is 35.5. The Bertz CT molecular complexity index is 938. The minimum atomic E-state index is 0.391. The maximum absolute atomic E-state index is 5.86. The molecule has 4 aromatic rings. The molecule has 20 heavy (non-hydrogen) atoms. The lowest BCUT2D eigenvalue weighted by atomic mass is 10.2. The summed E-state index contributed by atoms with van der Waals surface area (Å²) in [5.74, 6) is 0.654. The van der Waals surface area contributed by atoms with Crippen LogP contribution in [0.4, 0.5) is 0 Å². The lowest BCUT2D eigenvalue weighted by molar-refractivity contribution is 0.796. The fraction of sp³-hybridized carbons (Fsp3) is 0.0769. The predicted octanol–water partition coefficient (Wildman–Crippen LogP) is 2.33. The van der Waals surface area contributed by atoms with Crippen molar-refractivity contribution < 1.29 is 0 Å². The fourth-order valence-corrected chi connectivity index (χ4v) is 2.45. The number of benzene rings is 1. The first-order valence-corrected chi connectivity index (χ1v) is 6.40. The average molecular weight is 285 g/mol. The molecule has 7 heteroatoms. The van der Waals surface area contributed by atoms with Crippen LogP contribution in [0.15, 0.2) is 36.7 Å². The first kappa shape index (κ1) is 11.4. The van der Waals surface area contributed by atoms with Crippen LogP contribution in [0.2, 0.25) is 5.15 Å². The Kier molecular flexibility index (Phi) is 2.28. The molecule has 0 amide bonds. The molecule has 0 aliphatic heterocycles. The number of aryl methyl sites for hydroxylation is 1. The largest absolute Gasteiger partial charge is 0.267 e. The van der Waals surface area contributed by atoms with E-state index in [1.165, 1.54) is 0 Å². The summed E-state index contributed by atoms with van der Waals surface area (Å²) in [7, 11) is 1.91. The summed E-state index contributed by atoms with van der Waals surface area (Å²) in [6.07, 6.45) is 1.61. The number of aromatic nitrogens is 6. The molecular formula is C13H9ClN6. The van der Waals surface area contributed by atoms with Gasteiger partial charge in [0.15, 0.2) is 11.5 Å². The number of hydrogen-bond acceptors (Lipinski definition) is 4. The number of para-hydroxylation sites is 1. The van der Waals surface area contributed by atoms with Gasteiger partial charge in [0.2, 0.25) is 0 Å². The zero-order valence-electron chi connectivity index (χ0n) is 10.5. The van der Waals surface area contributed by atoms with Crippen molar-refractivity contribution in [2.75, 3.05) is 0 Å². The first-order valence-electron chi connectivity index (χ1n) is 6.02. The molecule has 4 rings (SSSR count). The van der Waals surface area contributed by atoms with Gasteiger partial charge in [-0.15, -0.1) is 10.2 Å². The lowest BCUT2D eigenvalue weighted by Crippen LogP contribution is -1.94. The van der Waals surface area contributed by atoms with Crippen LogP contribution in [0.5, 0.6) is 0 Å². The van der Waals surface area contributed by atoms with Crippen LogP contribution >= 0.6 is 11.6 Å². The van der Waals surface area contributed by atoms with Crippen molar-refractivity contribution in [3.63, 3.8) is 0 Å². The Balaban J connectivity index is 2.06. The van der Waals surface area contributed by atoms with E-state index in [2.05, 4.69) is 20.3 Å². The second-order valence-corrected chi connectivity index (χ2v) is 4.84. The quantitative estimate of drug-likeness (QED) is 0.503. The van der Waals surface area contributed by atoms with Crippen molar-refractivity contribution in [1.82, 2.24) is 29.4 Å². The van der Waals surface area contributed by atoms with Crippen molar-refractivity contribution >= 4 is 28.2 Å². The molecule has 0 atom stereocenters. The average Bonchev–Trinajstić information content (AvgIpc) is 3.00. The van der Waals surface area contributed by atoms with Crippen molar-refractivity contribution in [3.05, 3.63) is 41.8 Å². The zero-order valence-corrected chi connectivity index (χ0v) is 11.3. The van der Waals surface area contributed by atoms with E-state index in [-0.39, 0.29) is 0 Å². The Morgan fingerprint density at radius 2 is 2.00 bits per heavy atom. The fourth-order valence-electron chi connectivity index (χ4n) is 2.31. The van der Waals surface area contributed by atoms with Gasteiger partial charge in [-0.1, -0.05) is 29.8 Å². The molecule has 3 heterocycles. The SMILES string of the molecule is Cn1nc(-c2nnc3cc(Cl)ncn23)c2ccccc21. The van der Waals surface area contributed by atoms with Crippen LogP contribution in [0.1, 0.15) is 0 Å². The summed E-state index contributed by atoms with van der Waals surface area (Å²) in [5, 5.41) is 14.3. The second-order valence-electron chi connectivity index (χ2n) is 4.45. The Hall–Kier alpha value is -2.47. The molecule has 0 saturated carbocycles. The van der Waals surface area contributed by atoms with Gasteiger partial charge in [0, 0.05) is 18.5 Å². The van der Waals surface area contributed by atoms with Crippen LogP contribution in [0.3, 0.4) is 0 Å². The lowest BCUT2D eigenvalue weighted by Gasteiger charge is -1.96. The molecule has 0 aliphatic rings. The second kappa shape index (κ2) is 4.01. The van der Waals surface area contributed by atoms with E-state index in [0.717, 1.165) is 16.6 Å². The van der Waals surface area contributed by atoms with Crippen LogP contribution in [0, 0.1) is 0 Å². The van der Waals surface area contributed by atoms with Crippen LogP contribution < -0.4 is 0 Å². The standard InChI is InChI=1S/C13H9ClN6/c1-19-9-5-3-2-4-8(9)12(18-19)13-17-16-11-6-10(14)15-7-20(11)13/h2-7H,1H3. The molecule has 3 aromatic heterocycles. The minimum Gasteiger partial charge on any atom is -0.267 e. The van der Waals surface area contributed by atoms with E-state index in [1.807, 2.05) is 36.0 Å². The third-order valence-electron chi connectivity index (χ3n) is 3.24. The van der Waals surface area contributed by atoms with Crippen LogP contribution in [-0.4, -0.2) is 29.4 Å². The third-order valence-corrected chi connectivity index (χ3v) is 3.44. The van der Waals surface area contributed by atoms with Gasteiger partial charge in [0.05, 0.1) is 5.52 Å². The van der Waals surface area contributed by atoms with Crippen molar-refractivity contribution in [1.29, 1.82) is 0 Å².